The first-order valence-corrected chi connectivity index (χ1v) is 21.8. The standard InChI is InChI=1S/C48H58O14/c1-6-16-31-38(37(55-24-28-17-10-7-11-18-28)27(2)44(58-31)60-40-34(42(50)53-4)46(3)41(40)47(52)23-32(47)61-46)59-45-36(49)33-39(56-25-29-19-12-8-13-20-29)35(43(51)54-5)48(33,62-45)57-26-30-21-14-9-15-22-30/h7-15,17-22,27,31-41,44-45,49,52H,6,16,23-26H2,1-5H3. The summed E-state index contributed by atoms with van der Waals surface area (Å²) in [5.41, 5.74) is 0.625. The molecule has 0 radical (unpaired) electrons. The van der Waals surface area contributed by atoms with Crippen molar-refractivity contribution in [1.29, 1.82) is 0 Å². The molecule has 3 heterocycles. The van der Waals surface area contributed by atoms with E-state index in [0.29, 0.717) is 19.3 Å². The van der Waals surface area contributed by atoms with Crippen LogP contribution in [0.25, 0.3) is 0 Å². The molecule has 0 bridgehead atoms. The van der Waals surface area contributed by atoms with Crippen LogP contribution in [0.1, 0.15) is 56.7 Å². The van der Waals surface area contributed by atoms with Gasteiger partial charge in [-0.25, -0.2) is 0 Å². The van der Waals surface area contributed by atoms with Gasteiger partial charge < -0.3 is 57.6 Å². The van der Waals surface area contributed by atoms with Crippen LogP contribution in [0.3, 0.4) is 0 Å². The lowest BCUT2D eigenvalue weighted by atomic mass is 9.57. The Morgan fingerprint density at radius 1 is 0.726 bits per heavy atom. The van der Waals surface area contributed by atoms with Gasteiger partial charge in [0.2, 0.25) is 0 Å². The van der Waals surface area contributed by atoms with Crippen LogP contribution < -0.4 is 0 Å². The average Bonchev–Trinajstić information content (AvgIpc) is 3.78. The molecule has 17 unspecified atom stereocenters. The summed E-state index contributed by atoms with van der Waals surface area (Å²) < 4.78 is 63.9. The number of benzene rings is 3. The van der Waals surface area contributed by atoms with Crippen LogP contribution in [0.2, 0.25) is 0 Å². The SMILES string of the molecule is CCCC1OC(OC2C(C(=O)OC)C3(C)OC4CC4(O)C23)C(C)C(OCc2ccccc2)C1OC1OC2(OCc3ccccc3)C(C(=O)OC)C(OCc3ccccc3)C2C1O. The van der Waals surface area contributed by atoms with Gasteiger partial charge in [-0.1, -0.05) is 111 Å². The van der Waals surface area contributed by atoms with Gasteiger partial charge >= 0.3 is 11.9 Å². The average molecular weight is 859 g/mol. The molecule has 6 aliphatic rings. The number of aliphatic hydroxyl groups is 2. The fourth-order valence-electron chi connectivity index (χ4n) is 11.0. The molecule has 0 amide bonds. The molecule has 3 saturated heterocycles. The van der Waals surface area contributed by atoms with E-state index in [1.807, 2.05) is 112 Å². The molecule has 14 heteroatoms. The van der Waals surface area contributed by atoms with Crippen molar-refractivity contribution >= 4 is 11.9 Å². The number of carbonyl (C=O) groups is 2. The summed E-state index contributed by atoms with van der Waals surface area (Å²) in [6.45, 7) is 6.28. The zero-order valence-corrected chi connectivity index (χ0v) is 35.8. The summed E-state index contributed by atoms with van der Waals surface area (Å²) in [5, 5.41) is 23.8. The number of carbonyl (C=O) groups excluding carboxylic acids is 2. The topological polar surface area (TPSA) is 167 Å². The molecule has 62 heavy (non-hydrogen) atoms. The van der Waals surface area contributed by atoms with E-state index in [0.717, 1.165) is 16.7 Å². The van der Waals surface area contributed by atoms with Crippen molar-refractivity contribution in [3.8, 4) is 0 Å². The van der Waals surface area contributed by atoms with Crippen LogP contribution in [0.4, 0.5) is 0 Å². The Morgan fingerprint density at radius 2 is 1.27 bits per heavy atom. The molecule has 2 N–H and O–H groups in total. The second-order valence-corrected chi connectivity index (χ2v) is 17.9. The zero-order valence-electron chi connectivity index (χ0n) is 35.8. The maximum absolute atomic E-state index is 13.7. The van der Waals surface area contributed by atoms with Gasteiger partial charge in [0.25, 0.3) is 0 Å². The van der Waals surface area contributed by atoms with Crippen molar-refractivity contribution in [3.63, 3.8) is 0 Å². The Kier molecular flexibility index (Phi) is 12.1. The van der Waals surface area contributed by atoms with Crippen LogP contribution in [0.15, 0.2) is 91.0 Å². The second-order valence-electron chi connectivity index (χ2n) is 17.9. The van der Waals surface area contributed by atoms with Crippen LogP contribution in [-0.4, -0.2) is 109 Å². The number of ether oxygens (including phenoxy) is 10. The summed E-state index contributed by atoms with van der Waals surface area (Å²) >= 11 is 0. The summed E-state index contributed by atoms with van der Waals surface area (Å²) in [7, 11) is 2.64. The van der Waals surface area contributed by atoms with Gasteiger partial charge in [-0.15, -0.1) is 0 Å². The Bertz CT molecular complexity index is 2020. The van der Waals surface area contributed by atoms with Crippen molar-refractivity contribution in [2.45, 2.75) is 132 Å². The molecule has 9 rings (SSSR count). The Balaban J connectivity index is 1.02. The minimum atomic E-state index is -1.66. The quantitative estimate of drug-likeness (QED) is 0.177. The molecular formula is C48H58O14. The number of methoxy groups -OCH3 is 2. The van der Waals surface area contributed by atoms with Crippen molar-refractivity contribution in [2.24, 2.45) is 29.6 Å². The van der Waals surface area contributed by atoms with Gasteiger partial charge in [-0.3, -0.25) is 9.59 Å². The highest BCUT2D eigenvalue weighted by Crippen LogP contribution is 2.69. The highest BCUT2D eigenvalue weighted by Gasteiger charge is 2.84. The third kappa shape index (κ3) is 7.39. The normalized spacial score (nSPS) is 41.2. The van der Waals surface area contributed by atoms with E-state index in [4.69, 9.17) is 47.4 Å². The van der Waals surface area contributed by atoms with Gasteiger partial charge in [0.05, 0.1) is 76.1 Å². The lowest BCUT2D eigenvalue weighted by Gasteiger charge is -2.57. The molecule has 3 saturated carbocycles. The van der Waals surface area contributed by atoms with Crippen molar-refractivity contribution in [3.05, 3.63) is 108 Å². The third-order valence-electron chi connectivity index (χ3n) is 14.2. The fourth-order valence-corrected chi connectivity index (χ4v) is 11.0. The molecule has 17 atom stereocenters. The van der Waals surface area contributed by atoms with Gasteiger partial charge in [-0.2, -0.15) is 0 Å². The van der Waals surface area contributed by atoms with E-state index in [-0.39, 0.29) is 25.9 Å². The number of esters is 2. The first-order chi connectivity index (χ1) is 30.0. The number of hydrogen-bond donors (Lipinski definition) is 2. The maximum atomic E-state index is 13.7. The third-order valence-corrected chi connectivity index (χ3v) is 14.2. The molecule has 14 nitrogen and oxygen atoms in total. The number of fused-ring (bicyclic) bond motifs is 4. The van der Waals surface area contributed by atoms with E-state index in [2.05, 4.69) is 0 Å². The molecule has 6 fully saturated rings. The van der Waals surface area contributed by atoms with Gasteiger partial charge in [0, 0.05) is 18.3 Å². The lowest BCUT2D eigenvalue weighted by Crippen LogP contribution is -2.71. The number of hydrogen-bond acceptors (Lipinski definition) is 14. The van der Waals surface area contributed by atoms with E-state index in [1.54, 1.807) is 0 Å². The van der Waals surface area contributed by atoms with Crippen molar-refractivity contribution in [2.75, 3.05) is 14.2 Å². The summed E-state index contributed by atoms with van der Waals surface area (Å²) in [6.07, 6.45) is -5.92. The van der Waals surface area contributed by atoms with Crippen LogP contribution in [0, 0.1) is 29.6 Å². The maximum Gasteiger partial charge on any atom is 0.316 e. The Morgan fingerprint density at radius 3 is 1.85 bits per heavy atom. The van der Waals surface area contributed by atoms with Crippen LogP contribution in [-0.2, 0) is 76.8 Å². The second kappa shape index (κ2) is 17.3. The monoisotopic (exact) mass is 858 g/mol. The minimum Gasteiger partial charge on any atom is -0.469 e. The van der Waals surface area contributed by atoms with E-state index >= 15 is 0 Å². The van der Waals surface area contributed by atoms with Gasteiger partial charge in [0.15, 0.2) is 18.4 Å². The summed E-state index contributed by atoms with van der Waals surface area (Å²) in [5.74, 6) is -6.39. The lowest BCUT2D eigenvalue weighted by molar-refractivity contribution is -0.386. The molecule has 0 spiro atoms. The fraction of sp³-hybridized carbons (Fsp3) is 0.583. The van der Waals surface area contributed by atoms with Crippen LogP contribution >= 0.6 is 0 Å². The highest BCUT2D eigenvalue weighted by atomic mass is 16.8. The Labute approximate surface area is 362 Å². The molecular weight excluding hydrogens is 801 g/mol. The number of aliphatic hydroxyl groups excluding tert-OH is 1. The summed E-state index contributed by atoms with van der Waals surface area (Å²) in [6, 6.07) is 28.8. The summed E-state index contributed by atoms with van der Waals surface area (Å²) in [4.78, 5) is 27.0. The van der Waals surface area contributed by atoms with E-state index in [1.165, 1.54) is 14.2 Å². The molecule has 3 aliphatic heterocycles. The molecule has 3 aromatic carbocycles. The van der Waals surface area contributed by atoms with E-state index < -0.39 is 108 Å². The predicted octanol–water partition coefficient (Wildman–Crippen LogP) is 4.85. The number of rotatable bonds is 17. The predicted molar refractivity (Wildman–Crippen MR) is 218 cm³/mol. The van der Waals surface area contributed by atoms with E-state index in [9.17, 15) is 19.8 Å². The molecule has 3 aromatic rings. The minimum absolute atomic E-state index is 0.0776. The van der Waals surface area contributed by atoms with Crippen molar-refractivity contribution in [1.82, 2.24) is 0 Å². The first-order valence-electron chi connectivity index (χ1n) is 21.8. The zero-order chi connectivity index (χ0) is 43.4. The van der Waals surface area contributed by atoms with Gasteiger partial charge in [-0.05, 0) is 30.0 Å². The van der Waals surface area contributed by atoms with Crippen molar-refractivity contribution < 1.29 is 67.2 Å². The van der Waals surface area contributed by atoms with Crippen LogP contribution in [0.5, 0.6) is 0 Å². The molecule has 0 aromatic heterocycles. The first kappa shape index (κ1) is 43.5. The smallest absolute Gasteiger partial charge is 0.316 e. The molecule has 334 valence electrons. The van der Waals surface area contributed by atoms with Gasteiger partial charge in [0.1, 0.15) is 29.6 Å². The largest absolute Gasteiger partial charge is 0.469 e. The molecule has 3 aliphatic carbocycles. The Hall–Kier alpha value is -3.80. The highest BCUT2D eigenvalue weighted by molar-refractivity contribution is 5.77.